The van der Waals surface area contributed by atoms with Crippen LogP contribution in [0.4, 0.5) is 5.69 Å². The molecule has 37 heavy (non-hydrogen) atoms. The summed E-state index contributed by atoms with van der Waals surface area (Å²) in [6.45, 7) is 2.03. The van der Waals surface area contributed by atoms with Gasteiger partial charge in [0.05, 0.1) is 17.0 Å². The second kappa shape index (κ2) is 13.3. The number of nitrogens with zero attached hydrogens (tertiary/aromatic N) is 2. The Kier molecular flexibility index (Phi) is 10.7. The van der Waals surface area contributed by atoms with Gasteiger partial charge < -0.3 is 10.2 Å². The summed E-state index contributed by atoms with van der Waals surface area (Å²) in [4.78, 5) is 28.0. The minimum atomic E-state index is -3.68. The minimum absolute atomic E-state index is 0.0397. The molecular formula is C26H32BrCl2N3O4S. The number of carbonyl (C=O) groups excluding carboxylic acids is 2. The lowest BCUT2D eigenvalue weighted by atomic mass is 10.1. The van der Waals surface area contributed by atoms with Crippen molar-refractivity contribution in [3.8, 4) is 0 Å². The number of anilines is 1. The summed E-state index contributed by atoms with van der Waals surface area (Å²) < 4.78 is 27.1. The molecule has 0 saturated heterocycles. The lowest BCUT2D eigenvalue weighted by molar-refractivity contribution is -0.141. The first-order valence-corrected chi connectivity index (χ1v) is 15.6. The zero-order chi connectivity index (χ0) is 27.2. The van der Waals surface area contributed by atoms with Gasteiger partial charge in [-0.05, 0) is 62.1 Å². The Balaban J connectivity index is 1.74. The van der Waals surface area contributed by atoms with E-state index < -0.39 is 16.1 Å². The van der Waals surface area contributed by atoms with Crippen LogP contribution in [0.25, 0.3) is 0 Å². The van der Waals surface area contributed by atoms with Crippen molar-refractivity contribution in [2.45, 2.75) is 64.1 Å². The Bertz CT molecular complexity index is 1220. The maximum Gasteiger partial charge on any atom is 0.242 e. The largest absolute Gasteiger partial charge is 0.352 e. The standard InChI is InChI=1S/C26H32BrCl2N3O4S/c1-18(26(34)30-22-9-3-4-10-22)31(17-19-7-5-8-20(27)15-19)25(33)11-6-14-32(37(2,35)36)24-16-21(28)12-13-23(24)29/h5,7-8,12-13,15-16,18,22H,3-4,6,9-11,14,17H2,1-2H3,(H,30,34)/t18-/m1/s1. The van der Waals surface area contributed by atoms with Crippen molar-refractivity contribution in [2.24, 2.45) is 0 Å². The lowest BCUT2D eigenvalue weighted by Crippen LogP contribution is -2.49. The van der Waals surface area contributed by atoms with Gasteiger partial charge in [-0.15, -0.1) is 0 Å². The van der Waals surface area contributed by atoms with E-state index in [0.29, 0.717) is 5.02 Å². The third kappa shape index (κ3) is 8.60. The summed E-state index contributed by atoms with van der Waals surface area (Å²) in [5.74, 6) is -0.418. The van der Waals surface area contributed by atoms with Crippen LogP contribution >= 0.6 is 39.1 Å². The molecule has 0 aliphatic heterocycles. The quantitative estimate of drug-likeness (QED) is 0.340. The fourth-order valence-electron chi connectivity index (χ4n) is 4.47. The van der Waals surface area contributed by atoms with E-state index in [1.54, 1.807) is 17.9 Å². The van der Waals surface area contributed by atoms with Gasteiger partial charge >= 0.3 is 0 Å². The predicted molar refractivity (Wildman–Crippen MR) is 152 cm³/mol. The third-order valence-electron chi connectivity index (χ3n) is 6.44. The molecule has 1 aliphatic rings. The average molecular weight is 633 g/mol. The summed E-state index contributed by atoms with van der Waals surface area (Å²) >= 11 is 15.8. The Morgan fingerprint density at radius 3 is 2.49 bits per heavy atom. The molecular weight excluding hydrogens is 601 g/mol. The highest BCUT2D eigenvalue weighted by Crippen LogP contribution is 2.31. The molecule has 0 unspecified atom stereocenters. The molecule has 1 saturated carbocycles. The minimum Gasteiger partial charge on any atom is -0.352 e. The molecule has 0 heterocycles. The Hall–Kier alpha value is -1.81. The fraction of sp³-hybridized carbons (Fsp3) is 0.462. The van der Waals surface area contributed by atoms with Crippen molar-refractivity contribution in [3.05, 3.63) is 62.5 Å². The molecule has 1 atom stereocenters. The maximum absolute atomic E-state index is 13.4. The molecule has 11 heteroatoms. The number of hydrogen-bond acceptors (Lipinski definition) is 4. The van der Waals surface area contributed by atoms with Gasteiger partial charge in [-0.25, -0.2) is 8.42 Å². The monoisotopic (exact) mass is 631 g/mol. The number of halogens is 3. The van der Waals surface area contributed by atoms with Crippen LogP contribution in [0.2, 0.25) is 10.0 Å². The number of hydrogen-bond donors (Lipinski definition) is 1. The van der Waals surface area contributed by atoms with E-state index in [4.69, 9.17) is 23.2 Å². The molecule has 2 amide bonds. The molecule has 202 valence electrons. The summed E-state index contributed by atoms with van der Waals surface area (Å²) in [7, 11) is -3.68. The number of sulfonamides is 1. The molecule has 1 aliphatic carbocycles. The molecule has 7 nitrogen and oxygen atoms in total. The summed E-state index contributed by atoms with van der Waals surface area (Å²) in [6, 6.07) is 11.7. The smallest absolute Gasteiger partial charge is 0.242 e. The van der Waals surface area contributed by atoms with Crippen LogP contribution < -0.4 is 9.62 Å². The summed E-state index contributed by atoms with van der Waals surface area (Å²) in [6.07, 6.45) is 5.46. The highest BCUT2D eigenvalue weighted by atomic mass is 79.9. The predicted octanol–water partition coefficient (Wildman–Crippen LogP) is 5.78. The van der Waals surface area contributed by atoms with Gasteiger partial charge in [0, 0.05) is 35.0 Å². The van der Waals surface area contributed by atoms with Gasteiger partial charge in [0.15, 0.2) is 0 Å². The van der Waals surface area contributed by atoms with Crippen LogP contribution in [-0.2, 0) is 26.2 Å². The number of rotatable bonds is 11. The zero-order valence-corrected chi connectivity index (χ0v) is 24.8. The van der Waals surface area contributed by atoms with Crippen molar-refractivity contribution < 1.29 is 18.0 Å². The van der Waals surface area contributed by atoms with Gasteiger partial charge in [0.25, 0.3) is 0 Å². The number of benzene rings is 2. The highest BCUT2D eigenvalue weighted by molar-refractivity contribution is 9.10. The van der Waals surface area contributed by atoms with Crippen molar-refractivity contribution in [1.82, 2.24) is 10.2 Å². The van der Waals surface area contributed by atoms with Crippen molar-refractivity contribution >= 4 is 66.7 Å². The topological polar surface area (TPSA) is 86.8 Å². The van der Waals surface area contributed by atoms with E-state index in [9.17, 15) is 18.0 Å². The first kappa shape index (κ1) is 29.7. The normalized spacial score (nSPS) is 14.8. The maximum atomic E-state index is 13.4. The Morgan fingerprint density at radius 2 is 1.84 bits per heavy atom. The molecule has 3 rings (SSSR count). The fourth-order valence-corrected chi connectivity index (χ4v) is 6.32. The lowest BCUT2D eigenvalue weighted by Gasteiger charge is -2.30. The van der Waals surface area contributed by atoms with Crippen molar-refractivity contribution in [3.63, 3.8) is 0 Å². The SMILES string of the molecule is C[C@H](C(=O)NC1CCCC1)N(Cc1cccc(Br)c1)C(=O)CCCN(c1cc(Cl)ccc1Cl)S(C)(=O)=O. The average Bonchev–Trinajstić information content (AvgIpc) is 3.34. The van der Waals surface area contributed by atoms with E-state index in [1.165, 1.54) is 12.1 Å². The van der Waals surface area contributed by atoms with E-state index in [-0.39, 0.29) is 54.5 Å². The molecule has 0 aromatic heterocycles. The van der Waals surface area contributed by atoms with E-state index >= 15 is 0 Å². The van der Waals surface area contributed by atoms with Gasteiger partial charge in [0.1, 0.15) is 6.04 Å². The second-order valence-corrected chi connectivity index (χ2v) is 13.0. The van der Waals surface area contributed by atoms with Gasteiger partial charge in [-0.1, -0.05) is 64.1 Å². The Labute approximate surface area is 237 Å². The third-order valence-corrected chi connectivity index (χ3v) is 8.67. The first-order chi connectivity index (χ1) is 17.5. The molecule has 0 spiro atoms. The van der Waals surface area contributed by atoms with Crippen molar-refractivity contribution in [2.75, 3.05) is 17.1 Å². The molecule has 2 aromatic carbocycles. The molecule has 0 bridgehead atoms. The van der Waals surface area contributed by atoms with E-state index in [1.807, 2.05) is 24.3 Å². The van der Waals surface area contributed by atoms with Crippen LogP contribution in [0, 0.1) is 0 Å². The molecule has 0 radical (unpaired) electrons. The number of nitrogens with one attached hydrogen (secondary N) is 1. The van der Waals surface area contributed by atoms with Gasteiger partial charge in [-0.2, -0.15) is 0 Å². The molecule has 1 fully saturated rings. The zero-order valence-electron chi connectivity index (χ0n) is 20.9. The van der Waals surface area contributed by atoms with Gasteiger partial charge in [0.2, 0.25) is 21.8 Å². The molecule has 1 N–H and O–H groups in total. The summed E-state index contributed by atoms with van der Waals surface area (Å²) in [5.41, 5.74) is 1.14. The van der Waals surface area contributed by atoms with Crippen LogP contribution in [0.15, 0.2) is 46.9 Å². The van der Waals surface area contributed by atoms with Crippen LogP contribution in [0.5, 0.6) is 0 Å². The van der Waals surface area contributed by atoms with Crippen molar-refractivity contribution in [1.29, 1.82) is 0 Å². The number of amides is 2. The Morgan fingerprint density at radius 1 is 1.14 bits per heavy atom. The van der Waals surface area contributed by atoms with Crippen LogP contribution in [-0.4, -0.2) is 50.0 Å². The number of carbonyl (C=O) groups is 2. The first-order valence-electron chi connectivity index (χ1n) is 12.2. The highest BCUT2D eigenvalue weighted by Gasteiger charge is 2.29. The van der Waals surface area contributed by atoms with Crippen LogP contribution in [0.1, 0.15) is 51.0 Å². The van der Waals surface area contributed by atoms with E-state index in [0.717, 1.165) is 46.3 Å². The van der Waals surface area contributed by atoms with E-state index in [2.05, 4.69) is 21.2 Å². The summed E-state index contributed by atoms with van der Waals surface area (Å²) in [5, 5.41) is 3.68. The van der Waals surface area contributed by atoms with Crippen LogP contribution in [0.3, 0.4) is 0 Å². The molecule has 2 aromatic rings. The second-order valence-electron chi connectivity index (χ2n) is 9.35. The van der Waals surface area contributed by atoms with Gasteiger partial charge in [-0.3, -0.25) is 13.9 Å².